The maximum absolute atomic E-state index is 12.0. The fraction of sp³-hybridized carbons (Fsp3) is 0.250. The second-order valence-corrected chi connectivity index (χ2v) is 7.03. The van der Waals surface area contributed by atoms with Crippen molar-refractivity contribution in [1.82, 2.24) is 4.72 Å². The summed E-state index contributed by atoms with van der Waals surface area (Å²) in [6, 6.07) is 14.1. The molecule has 0 aliphatic rings. The second-order valence-electron chi connectivity index (χ2n) is 4.85. The first-order chi connectivity index (χ1) is 10.5. The molecule has 2 aromatic rings. The highest BCUT2D eigenvalue weighted by atomic mass is 35.5. The van der Waals surface area contributed by atoms with Crippen LogP contribution in [-0.4, -0.2) is 21.6 Å². The van der Waals surface area contributed by atoms with E-state index < -0.39 is 10.0 Å². The molecule has 0 spiro atoms. The van der Waals surface area contributed by atoms with Gasteiger partial charge in [-0.25, -0.2) is 13.1 Å². The fourth-order valence-corrected chi connectivity index (χ4v) is 3.05. The van der Waals surface area contributed by atoms with Crippen LogP contribution in [0.25, 0.3) is 0 Å². The highest BCUT2D eigenvalue weighted by molar-refractivity contribution is 7.89. The first-order valence-electron chi connectivity index (χ1n) is 6.86. The van der Waals surface area contributed by atoms with E-state index in [4.69, 9.17) is 16.3 Å². The molecule has 2 rings (SSSR count). The number of ether oxygens (including phenoxy) is 1. The molecule has 1 N–H and O–H groups in total. The van der Waals surface area contributed by atoms with Gasteiger partial charge in [0.2, 0.25) is 10.0 Å². The molecule has 0 aliphatic heterocycles. The van der Waals surface area contributed by atoms with Gasteiger partial charge in [-0.05, 0) is 30.7 Å². The van der Waals surface area contributed by atoms with Crippen LogP contribution in [0, 0.1) is 6.92 Å². The van der Waals surface area contributed by atoms with Gasteiger partial charge in [-0.1, -0.05) is 47.5 Å². The summed E-state index contributed by atoms with van der Waals surface area (Å²) < 4.78 is 32.0. The van der Waals surface area contributed by atoms with E-state index in [-0.39, 0.29) is 18.0 Å². The van der Waals surface area contributed by atoms with Gasteiger partial charge < -0.3 is 4.74 Å². The maximum Gasteiger partial charge on any atom is 0.240 e. The molecule has 0 aliphatic carbocycles. The minimum absolute atomic E-state index is 0.209. The molecule has 0 bridgehead atoms. The molecule has 0 radical (unpaired) electrons. The van der Waals surface area contributed by atoms with Crippen LogP contribution in [0.1, 0.15) is 11.1 Å². The van der Waals surface area contributed by atoms with E-state index in [9.17, 15) is 8.42 Å². The predicted molar refractivity (Wildman–Crippen MR) is 87.5 cm³/mol. The summed E-state index contributed by atoms with van der Waals surface area (Å²) in [5.41, 5.74) is 1.90. The monoisotopic (exact) mass is 339 g/mol. The Hall–Kier alpha value is -1.40. The fourth-order valence-electron chi connectivity index (χ4n) is 1.85. The molecule has 0 fully saturated rings. The first kappa shape index (κ1) is 17.0. The Labute approximate surface area is 136 Å². The van der Waals surface area contributed by atoms with Crippen LogP contribution < -0.4 is 4.72 Å². The minimum atomic E-state index is -3.49. The van der Waals surface area contributed by atoms with Crippen molar-refractivity contribution in [3.63, 3.8) is 0 Å². The Bertz CT molecular complexity index is 714. The van der Waals surface area contributed by atoms with Gasteiger partial charge in [-0.3, -0.25) is 0 Å². The largest absolute Gasteiger partial charge is 0.375 e. The average molecular weight is 340 g/mol. The van der Waals surface area contributed by atoms with Crippen molar-refractivity contribution in [3.8, 4) is 0 Å². The second kappa shape index (κ2) is 7.74. The van der Waals surface area contributed by atoms with Crippen molar-refractivity contribution >= 4 is 21.6 Å². The van der Waals surface area contributed by atoms with Crippen molar-refractivity contribution in [1.29, 1.82) is 0 Å². The zero-order valence-corrected chi connectivity index (χ0v) is 13.8. The molecular formula is C16H18ClNO3S. The van der Waals surface area contributed by atoms with Crippen LogP contribution in [0.4, 0.5) is 0 Å². The Kier molecular flexibility index (Phi) is 5.97. The molecule has 22 heavy (non-hydrogen) atoms. The Morgan fingerprint density at radius 2 is 1.77 bits per heavy atom. The topological polar surface area (TPSA) is 55.4 Å². The third kappa shape index (κ3) is 4.81. The zero-order valence-electron chi connectivity index (χ0n) is 12.3. The Morgan fingerprint density at radius 1 is 1.09 bits per heavy atom. The number of hydrogen-bond donors (Lipinski definition) is 1. The number of rotatable bonds is 7. The summed E-state index contributed by atoms with van der Waals surface area (Å²) >= 11 is 6.01. The SMILES string of the molecule is Cc1ccc(S(=O)(=O)NCCOCc2ccccc2Cl)cc1. The lowest BCUT2D eigenvalue weighted by atomic mass is 10.2. The lowest BCUT2D eigenvalue weighted by Gasteiger charge is -2.08. The smallest absolute Gasteiger partial charge is 0.240 e. The van der Waals surface area contributed by atoms with Crippen molar-refractivity contribution < 1.29 is 13.2 Å². The molecule has 0 heterocycles. The van der Waals surface area contributed by atoms with Gasteiger partial charge in [0.05, 0.1) is 18.1 Å². The van der Waals surface area contributed by atoms with E-state index in [1.165, 1.54) is 0 Å². The number of halogens is 1. The molecule has 0 saturated carbocycles. The van der Waals surface area contributed by atoms with Gasteiger partial charge in [0.25, 0.3) is 0 Å². The van der Waals surface area contributed by atoms with Crippen LogP contribution in [0.5, 0.6) is 0 Å². The van der Waals surface area contributed by atoms with Crippen molar-refractivity contribution in [2.24, 2.45) is 0 Å². The van der Waals surface area contributed by atoms with E-state index >= 15 is 0 Å². The summed E-state index contributed by atoms with van der Waals surface area (Å²) in [5, 5.41) is 0.641. The molecule has 4 nitrogen and oxygen atoms in total. The molecule has 0 aromatic heterocycles. The van der Waals surface area contributed by atoms with Crippen molar-refractivity contribution in [3.05, 3.63) is 64.7 Å². The quantitative estimate of drug-likeness (QED) is 0.788. The molecule has 6 heteroatoms. The van der Waals surface area contributed by atoms with Crippen LogP contribution in [0.2, 0.25) is 5.02 Å². The number of aryl methyl sites for hydroxylation is 1. The third-order valence-electron chi connectivity index (χ3n) is 3.09. The van der Waals surface area contributed by atoms with Gasteiger partial charge >= 0.3 is 0 Å². The van der Waals surface area contributed by atoms with Crippen LogP contribution in [0.15, 0.2) is 53.4 Å². The predicted octanol–water partition coefficient (Wildman–Crippen LogP) is 3.14. The van der Waals surface area contributed by atoms with Crippen LogP contribution in [0.3, 0.4) is 0 Å². The van der Waals surface area contributed by atoms with Crippen molar-refractivity contribution in [2.75, 3.05) is 13.2 Å². The van der Waals surface area contributed by atoms with Gasteiger partial charge in [0.15, 0.2) is 0 Å². The highest BCUT2D eigenvalue weighted by Crippen LogP contribution is 2.15. The molecular weight excluding hydrogens is 322 g/mol. The third-order valence-corrected chi connectivity index (χ3v) is 4.93. The van der Waals surface area contributed by atoms with E-state index in [0.29, 0.717) is 11.6 Å². The summed E-state index contributed by atoms with van der Waals surface area (Å²) in [4.78, 5) is 0.254. The molecule has 0 unspecified atom stereocenters. The van der Waals surface area contributed by atoms with Crippen LogP contribution >= 0.6 is 11.6 Å². The van der Waals surface area contributed by atoms with E-state index in [1.807, 2.05) is 25.1 Å². The number of sulfonamides is 1. The molecule has 0 amide bonds. The molecule has 0 atom stereocenters. The summed E-state index contributed by atoms with van der Waals surface area (Å²) in [6.07, 6.45) is 0. The number of hydrogen-bond acceptors (Lipinski definition) is 3. The average Bonchev–Trinajstić information content (AvgIpc) is 2.49. The van der Waals surface area contributed by atoms with Gasteiger partial charge in [0, 0.05) is 11.6 Å². The lowest BCUT2D eigenvalue weighted by Crippen LogP contribution is -2.27. The zero-order chi connectivity index (χ0) is 16.0. The number of benzene rings is 2. The molecule has 0 saturated heterocycles. The van der Waals surface area contributed by atoms with Gasteiger partial charge in [0.1, 0.15) is 0 Å². The van der Waals surface area contributed by atoms with Crippen molar-refractivity contribution in [2.45, 2.75) is 18.4 Å². The normalized spacial score (nSPS) is 11.5. The lowest BCUT2D eigenvalue weighted by molar-refractivity contribution is 0.126. The summed E-state index contributed by atoms with van der Waals surface area (Å²) in [7, 11) is -3.49. The summed E-state index contributed by atoms with van der Waals surface area (Å²) in [5.74, 6) is 0. The standard InChI is InChI=1S/C16H18ClNO3S/c1-13-6-8-15(9-7-13)22(19,20)18-10-11-21-12-14-4-2-3-5-16(14)17/h2-9,18H,10-12H2,1H3. The first-order valence-corrected chi connectivity index (χ1v) is 8.72. The molecule has 118 valence electrons. The molecule has 2 aromatic carbocycles. The minimum Gasteiger partial charge on any atom is -0.375 e. The van der Waals surface area contributed by atoms with E-state index in [1.54, 1.807) is 30.3 Å². The highest BCUT2D eigenvalue weighted by Gasteiger charge is 2.12. The Balaban J connectivity index is 1.79. The van der Waals surface area contributed by atoms with Gasteiger partial charge in [-0.2, -0.15) is 0 Å². The number of nitrogens with one attached hydrogen (secondary N) is 1. The summed E-state index contributed by atoms with van der Waals surface area (Å²) in [6.45, 7) is 2.75. The van der Waals surface area contributed by atoms with E-state index in [2.05, 4.69) is 4.72 Å². The van der Waals surface area contributed by atoms with E-state index in [0.717, 1.165) is 11.1 Å². The maximum atomic E-state index is 12.0. The Morgan fingerprint density at radius 3 is 2.45 bits per heavy atom. The van der Waals surface area contributed by atoms with Crippen LogP contribution in [-0.2, 0) is 21.4 Å². The van der Waals surface area contributed by atoms with Gasteiger partial charge in [-0.15, -0.1) is 0 Å².